The molecule has 0 saturated carbocycles. The lowest BCUT2D eigenvalue weighted by molar-refractivity contribution is -0.143. The Balaban J connectivity index is 1.48. The fourth-order valence-corrected chi connectivity index (χ4v) is 3.80. The zero-order valence-electron chi connectivity index (χ0n) is 14.9. The highest BCUT2D eigenvalue weighted by Crippen LogP contribution is 2.32. The largest absolute Gasteiger partial charge is 0.486 e. The second kappa shape index (κ2) is 6.99. The number of amides is 1. The molecule has 0 spiro atoms. The van der Waals surface area contributed by atoms with Crippen molar-refractivity contribution in [3.05, 3.63) is 42.7 Å². The van der Waals surface area contributed by atoms with Crippen molar-refractivity contribution < 1.29 is 14.3 Å². The Bertz CT molecular complexity index is 756. The summed E-state index contributed by atoms with van der Waals surface area (Å²) in [4.78, 5) is 15.1. The standard InChI is InChI=1S/C19H24N4O3/c1-22(13-15-14-25-16-5-2-3-6-17(16)26-15)18(24)19(7-10-20-11-8-19)23-12-4-9-21-23/h2-6,9,12,15,20H,7-8,10-11,13-14H2,1H3. The number of carbonyl (C=O) groups excluding carboxylic acids is 1. The fraction of sp³-hybridized carbons (Fsp3) is 0.474. The molecule has 7 nitrogen and oxygen atoms in total. The predicted octanol–water partition coefficient (Wildman–Crippen LogP) is 1.26. The van der Waals surface area contributed by atoms with Gasteiger partial charge < -0.3 is 19.7 Å². The Morgan fingerprint density at radius 3 is 2.81 bits per heavy atom. The van der Waals surface area contributed by atoms with Crippen molar-refractivity contribution in [3.8, 4) is 11.5 Å². The van der Waals surface area contributed by atoms with E-state index in [1.165, 1.54) is 0 Å². The van der Waals surface area contributed by atoms with E-state index in [4.69, 9.17) is 9.47 Å². The first-order valence-electron chi connectivity index (χ1n) is 9.04. The number of hydrogen-bond donors (Lipinski definition) is 1. The van der Waals surface area contributed by atoms with Gasteiger partial charge in [0.15, 0.2) is 17.6 Å². The van der Waals surface area contributed by atoms with Crippen molar-refractivity contribution >= 4 is 5.91 Å². The third-order valence-electron chi connectivity index (χ3n) is 5.16. The Labute approximate surface area is 152 Å². The van der Waals surface area contributed by atoms with Gasteiger partial charge in [-0.1, -0.05) is 12.1 Å². The highest BCUT2D eigenvalue weighted by Gasteiger charge is 2.44. The summed E-state index contributed by atoms with van der Waals surface area (Å²) in [6, 6.07) is 9.49. The number of likely N-dealkylation sites (N-methyl/N-ethyl adjacent to an activating group) is 1. The number of para-hydroxylation sites is 2. The van der Waals surface area contributed by atoms with Crippen LogP contribution in [0.25, 0.3) is 0 Å². The third kappa shape index (κ3) is 3.03. The van der Waals surface area contributed by atoms with Crippen molar-refractivity contribution in [3.63, 3.8) is 0 Å². The number of ether oxygens (including phenoxy) is 2. The van der Waals surface area contributed by atoms with Crippen LogP contribution in [0.4, 0.5) is 0 Å². The van der Waals surface area contributed by atoms with Gasteiger partial charge in [0.2, 0.25) is 0 Å². The molecule has 1 aromatic heterocycles. The van der Waals surface area contributed by atoms with Gasteiger partial charge in [0, 0.05) is 19.4 Å². The van der Waals surface area contributed by atoms with E-state index < -0.39 is 5.54 Å². The van der Waals surface area contributed by atoms with Gasteiger partial charge in [-0.15, -0.1) is 0 Å². The average molecular weight is 356 g/mol. The normalized spacial score (nSPS) is 21.2. The van der Waals surface area contributed by atoms with E-state index in [1.807, 2.05) is 48.3 Å². The van der Waals surface area contributed by atoms with Crippen LogP contribution >= 0.6 is 0 Å². The summed E-state index contributed by atoms with van der Waals surface area (Å²) in [5, 5.41) is 7.71. The van der Waals surface area contributed by atoms with E-state index >= 15 is 0 Å². The van der Waals surface area contributed by atoms with Gasteiger partial charge in [0.1, 0.15) is 12.1 Å². The number of piperidine rings is 1. The summed E-state index contributed by atoms with van der Waals surface area (Å²) >= 11 is 0. The number of hydrogen-bond acceptors (Lipinski definition) is 5. The molecule has 0 aliphatic carbocycles. The second-order valence-electron chi connectivity index (χ2n) is 6.92. The minimum atomic E-state index is -0.628. The molecule has 1 atom stereocenters. The quantitative estimate of drug-likeness (QED) is 0.893. The maximum Gasteiger partial charge on any atom is 0.250 e. The topological polar surface area (TPSA) is 68.6 Å². The van der Waals surface area contributed by atoms with Gasteiger partial charge in [0.05, 0.1) is 6.54 Å². The molecular formula is C19H24N4O3. The Kier molecular flexibility index (Phi) is 4.55. The zero-order valence-corrected chi connectivity index (χ0v) is 14.9. The van der Waals surface area contributed by atoms with E-state index in [9.17, 15) is 4.79 Å². The molecule has 7 heteroatoms. The summed E-state index contributed by atoms with van der Waals surface area (Å²) in [7, 11) is 1.83. The monoisotopic (exact) mass is 356 g/mol. The lowest BCUT2D eigenvalue weighted by atomic mass is 9.87. The first-order chi connectivity index (χ1) is 12.7. The highest BCUT2D eigenvalue weighted by atomic mass is 16.6. The highest BCUT2D eigenvalue weighted by molar-refractivity contribution is 5.84. The van der Waals surface area contributed by atoms with Gasteiger partial charge in [0.25, 0.3) is 5.91 Å². The number of carbonyl (C=O) groups is 1. The first-order valence-corrected chi connectivity index (χ1v) is 9.04. The van der Waals surface area contributed by atoms with Gasteiger partial charge in [-0.2, -0.15) is 5.10 Å². The zero-order chi connectivity index (χ0) is 18.0. The van der Waals surface area contributed by atoms with Gasteiger partial charge >= 0.3 is 0 Å². The van der Waals surface area contributed by atoms with Crippen molar-refractivity contribution in [1.29, 1.82) is 0 Å². The van der Waals surface area contributed by atoms with Gasteiger partial charge in [-0.25, -0.2) is 0 Å². The van der Waals surface area contributed by atoms with E-state index in [0.717, 1.165) is 37.4 Å². The lowest BCUT2D eigenvalue weighted by Crippen LogP contribution is -2.56. The summed E-state index contributed by atoms with van der Waals surface area (Å²) in [6.45, 7) is 2.51. The van der Waals surface area contributed by atoms with Crippen LogP contribution in [0, 0.1) is 0 Å². The minimum Gasteiger partial charge on any atom is -0.486 e. The van der Waals surface area contributed by atoms with Crippen molar-refractivity contribution in [2.24, 2.45) is 0 Å². The van der Waals surface area contributed by atoms with Crippen molar-refractivity contribution in [2.75, 3.05) is 33.3 Å². The minimum absolute atomic E-state index is 0.0742. The second-order valence-corrected chi connectivity index (χ2v) is 6.92. The van der Waals surface area contributed by atoms with E-state index in [1.54, 1.807) is 11.1 Å². The predicted molar refractivity (Wildman–Crippen MR) is 96.3 cm³/mol. The lowest BCUT2D eigenvalue weighted by Gasteiger charge is -2.40. The van der Waals surface area contributed by atoms with E-state index in [-0.39, 0.29) is 12.0 Å². The summed E-state index contributed by atoms with van der Waals surface area (Å²) in [5.74, 6) is 1.56. The van der Waals surface area contributed by atoms with Crippen LogP contribution in [0.5, 0.6) is 11.5 Å². The van der Waals surface area contributed by atoms with E-state index in [2.05, 4.69) is 10.4 Å². The third-order valence-corrected chi connectivity index (χ3v) is 5.16. The molecule has 1 N–H and O–H groups in total. The van der Waals surface area contributed by atoms with Crippen molar-refractivity contribution in [2.45, 2.75) is 24.5 Å². The van der Waals surface area contributed by atoms with E-state index in [0.29, 0.717) is 13.2 Å². The molecule has 2 aliphatic rings. The molecule has 138 valence electrons. The van der Waals surface area contributed by atoms with Crippen LogP contribution < -0.4 is 14.8 Å². The van der Waals surface area contributed by atoms with Gasteiger partial charge in [-0.3, -0.25) is 9.48 Å². The van der Waals surface area contributed by atoms with Crippen LogP contribution in [-0.4, -0.2) is 60.0 Å². The molecule has 2 aliphatic heterocycles. The maximum atomic E-state index is 13.4. The molecular weight excluding hydrogens is 332 g/mol. The molecule has 1 amide bonds. The average Bonchev–Trinajstić information content (AvgIpc) is 3.23. The molecule has 1 saturated heterocycles. The molecule has 1 fully saturated rings. The van der Waals surface area contributed by atoms with Crippen LogP contribution in [-0.2, 0) is 10.3 Å². The molecule has 1 aromatic carbocycles. The Morgan fingerprint density at radius 2 is 2.08 bits per heavy atom. The van der Waals surface area contributed by atoms with Crippen LogP contribution in [0.15, 0.2) is 42.7 Å². The molecule has 0 bridgehead atoms. The molecule has 3 heterocycles. The summed E-state index contributed by atoms with van der Waals surface area (Å²) in [6.07, 6.45) is 4.88. The van der Waals surface area contributed by atoms with Crippen LogP contribution in [0.3, 0.4) is 0 Å². The molecule has 4 rings (SSSR count). The Hall–Kier alpha value is -2.54. The number of benzene rings is 1. The first kappa shape index (κ1) is 16.9. The molecule has 1 unspecified atom stereocenters. The summed E-state index contributed by atoms with van der Waals surface area (Å²) < 4.78 is 13.6. The fourth-order valence-electron chi connectivity index (χ4n) is 3.80. The smallest absolute Gasteiger partial charge is 0.250 e. The number of fused-ring (bicyclic) bond motifs is 1. The SMILES string of the molecule is CN(CC1COc2ccccc2O1)C(=O)C1(n2cccn2)CCNCC1. The Morgan fingerprint density at radius 1 is 1.31 bits per heavy atom. The van der Waals surface area contributed by atoms with Crippen LogP contribution in [0.1, 0.15) is 12.8 Å². The molecule has 2 aromatic rings. The molecule has 26 heavy (non-hydrogen) atoms. The van der Waals surface area contributed by atoms with Gasteiger partial charge in [-0.05, 0) is 44.1 Å². The number of rotatable bonds is 4. The maximum absolute atomic E-state index is 13.4. The number of aromatic nitrogens is 2. The van der Waals surface area contributed by atoms with Crippen molar-refractivity contribution in [1.82, 2.24) is 20.0 Å². The van der Waals surface area contributed by atoms with Crippen LogP contribution in [0.2, 0.25) is 0 Å². The number of nitrogens with one attached hydrogen (secondary N) is 1. The number of nitrogens with zero attached hydrogens (tertiary/aromatic N) is 3. The molecule has 0 radical (unpaired) electrons. The summed E-state index contributed by atoms with van der Waals surface area (Å²) in [5.41, 5.74) is -0.628.